The molecule has 0 amide bonds. The summed E-state index contributed by atoms with van der Waals surface area (Å²) in [5.74, 6) is 1.29. The van der Waals surface area contributed by atoms with Gasteiger partial charge in [0.25, 0.3) is 6.43 Å². The smallest absolute Gasteiger partial charge is 0.268 e. The average Bonchev–Trinajstić information content (AvgIpc) is 2.74. The number of methoxy groups -OCH3 is 2. The molecule has 0 saturated heterocycles. The number of halogens is 3. The third kappa shape index (κ3) is 6.92. The van der Waals surface area contributed by atoms with Gasteiger partial charge < -0.3 is 19.3 Å². The maximum atomic E-state index is 15.2. The Hall–Kier alpha value is -2.29. The van der Waals surface area contributed by atoms with Crippen molar-refractivity contribution in [3.8, 4) is 11.5 Å². The number of aliphatic hydroxyl groups is 1. The Morgan fingerprint density at radius 1 is 0.828 bits per heavy atom. The highest BCUT2D eigenvalue weighted by Gasteiger charge is 2.35. The van der Waals surface area contributed by atoms with Crippen molar-refractivity contribution < 1.29 is 32.5 Å². The number of ether oxygens (including phenoxy) is 3. The van der Waals surface area contributed by atoms with Gasteiger partial charge in [-0.3, -0.25) is 4.90 Å². The quantitative estimate of drug-likeness (QED) is 0.539. The lowest BCUT2D eigenvalue weighted by atomic mass is 10.1. The predicted octanol–water partition coefficient (Wildman–Crippen LogP) is 3.64. The number of rotatable bonds is 12. The standard InChI is InChI=1S/C21H26F3NO4/c1-27-17-7-3-15(4-8-17)13-25(14-16-5-9-18(28-2)10-6-16)21(24)19(20(22)23)29-12-11-26/h3-10,19-21,26H,11-14H2,1-2H3. The SMILES string of the molecule is COc1ccc(CN(Cc2ccc(OC)cc2)C(F)C(OCCO)C(F)F)cc1. The van der Waals surface area contributed by atoms with Gasteiger partial charge in [0, 0.05) is 13.1 Å². The Labute approximate surface area is 168 Å². The molecule has 2 atom stereocenters. The number of hydrogen-bond donors (Lipinski definition) is 1. The summed E-state index contributed by atoms with van der Waals surface area (Å²) >= 11 is 0. The molecule has 8 heteroatoms. The van der Waals surface area contributed by atoms with Crippen molar-refractivity contribution in [2.24, 2.45) is 0 Å². The maximum absolute atomic E-state index is 15.2. The van der Waals surface area contributed by atoms with Crippen molar-refractivity contribution in [3.63, 3.8) is 0 Å². The van der Waals surface area contributed by atoms with Crippen molar-refractivity contribution in [1.29, 1.82) is 0 Å². The Balaban J connectivity index is 2.23. The van der Waals surface area contributed by atoms with Gasteiger partial charge in [0.05, 0.1) is 27.4 Å². The van der Waals surface area contributed by atoms with E-state index in [0.717, 1.165) is 11.1 Å². The van der Waals surface area contributed by atoms with Crippen LogP contribution in [-0.4, -0.2) is 56.3 Å². The lowest BCUT2D eigenvalue weighted by Crippen LogP contribution is -2.45. The molecule has 2 unspecified atom stereocenters. The van der Waals surface area contributed by atoms with E-state index in [1.807, 2.05) is 0 Å². The van der Waals surface area contributed by atoms with Gasteiger partial charge in [-0.1, -0.05) is 24.3 Å². The first kappa shape index (κ1) is 23.0. The van der Waals surface area contributed by atoms with E-state index < -0.39 is 25.4 Å². The second-order valence-corrected chi connectivity index (χ2v) is 6.37. The summed E-state index contributed by atoms with van der Waals surface area (Å²) in [6.07, 6.45) is -7.09. The van der Waals surface area contributed by atoms with Crippen LogP contribution in [0, 0.1) is 0 Å². The van der Waals surface area contributed by atoms with E-state index in [1.165, 1.54) is 19.1 Å². The van der Waals surface area contributed by atoms with Crippen molar-refractivity contribution in [3.05, 3.63) is 59.7 Å². The molecule has 0 saturated carbocycles. The molecule has 0 radical (unpaired) electrons. The molecule has 2 rings (SSSR count). The third-order valence-corrected chi connectivity index (χ3v) is 4.36. The monoisotopic (exact) mass is 413 g/mol. The van der Waals surface area contributed by atoms with Gasteiger partial charge in [0.1, 0.15) is 11.5 Å². The fourth-order valence-electron chi connectivity index (χ4n) is 2.83. The molecular weight excluding hydrogens is 387 g/mol. The molecule has 0 bridgehead atoms. The van der Waals surface area contributed by atoms with Crippen LogP contribution < -0.4 is 9.47 Å². The van der Waals surface area contributed by atoms with Crippen molar-refractivity contribution in [2.75, 3.05) is 27.4 Å². The zero-order valence-electron chi connectivity index (χ0n) is 16.4. The zero-order valence-corrected chi connectivity index (χ0v) is 16.4. The molecule has 5 nitrogen and oxygen atoms in total. The fourth-order valence-corrected chi connectivity index (χ4v) is 2.83. The molecule has 0 aliphatic rings. The van der Waals surface area contributed by atoms with Crippen LogP contribution >= 0.6 is 0 Å². The van der Waals surface area contributed by atoms with Crippen molar-refractivity contribution in [1.82, 2.24) is 4.90 Å². The summed E-state index contributed by atoms with van der Waals surface area (Å²) in [4.78, 5) is 1.28. The van der Waals surface area contributed by atoms with Crippen molar-refractivity contribution in [2.45, 2.75) is 31.9 Å². The maximum Gasteiger partial charge on any atom is 0.268 e. The summed E-state index contributed by atoms with van der Waals surface area (Å²) in [6, 6.07) is 13.9. The third-order valence-electron chi connectivity index (χ3n) is 4.36. The fraction of sp³-hybridized carbons (Fsp3) is 0.429. The minimum atomic E-state index is -3.04. The van der Waals surface area contributed by atoms with E-state index in [2.05, 4.69) is 0 Å². The molecule has 2 aromatic carbocycles. The van der Waals surface area contributed by atoms with Crippen LogP contribution in [0.2, 0.25) is 0 Å². The Kier molecular flexibility index (Phi) is 9.24. The molecule has 0 spiro atoms. The largest absolute Gasteiger partial charge is 0.497 e. The lowest BCUT2D eigenvalue weighted by molar-refractivity contribution is -0.142. The predicted molar refractivity (Wildman–Crippen MR) is 103 cm³/mol. The van der Waals surface area contributed by atoms with E-state index in [4.69, 9.17) is 19.3 Å². The van der Waals surface area contributed by atoms with Crippen LogP contribution in [0.4, 0.5) is 13.2 Å². The Bertz CT molecular complexity index is 663. The minimum absolute atomic E-state index is 0.0862. The van der Waals surface area contributed by atoms with E-state index in [-0.39, 0.29) is 19.7 Å². The van der Waals surface area contributed by atoms with Gasteiger partial charge in [-0.2, -0.15) is 0 Å². The highest BCUT2D eigenvalue weighted by Crippen LogP contribution is 2.23. The van der Waals surface area contributed by atoms with Crippen LogP contribution in [0.5, 0.6) is 11.5 Å². The van der Waals surface area contributed by atoms with E-state index in [1.54, 1.807) is 48.5 Å². The second-order valence-electron chi connectivity index (χ2n) is 6.37. The van der Waals surface area contributed by atoms with Crippen LogP contribution in [0.15, 0.2) is 48.5 Å². The Morgan fingerprint density at radius 3 is 1.62 bits per heavy atom. The minimum Gasteiger partial charge on any atom is -0.497 e. The van der Waals surface area contributed by atoms with E-state index in [0.29, 0.717) is 11.5 Å². The van der Waals surface area contributed by atoms with Gasteiger partial charge in [-0.05, 0) is 35.4 Å². The molecule has 0 aliphatic heterocycles. The molecule has 1 N–H and O–H groups in total. The molecule has 2 aromatic rings. The number of alkyl halides is 3. The van der Waals surface area contributed by atoms with Gasteiger partial charge in [-0.25, -0.2) is 13.2 Å². The van der Waals surface area contributed by atoms with Gasteiger partial charge in [0.2, 0.25) is 0 Å². The number of benzene rings is 2. The topological polar surface area (TPSA) is 51.2 Å². The summed E-state index contributed by atoms with van der Waals surface area (Å²) < 4.78 is 57.1. The van der Waals surface area contributed by atoms with Crippen LogP contribution in [0.1, 0.15) is 11.1 Å². The summed E-state index contributed by atoms with van der Waals surface area (Å²) in [5.41, 5.74) is 1.47. The summed E-state index contributed by atoms with van der Waals surface area (Å²) in [5, 5.41) is 8.86. The van der Waals surface area contributed by atoms with Crippen LogP contribution in [-0.2, 0) is 17.8 Å². The van der Waals surface area contributed by atoms with Gasteiger partial charge >= 0.3 is 0 Å². The second kappa shape index (κ2) is 11.6. The van der Waals surface area contributed by atoms with Crippen LogP contribution in [0.3, 0.4) is 0 Å². The number of aliphatic hydroxyl groups excluding tert-OH is 1. The molecule has 160 valence electrons. The molecule has 0 aliphatic carbocycles. The normalized spacial score (nSPS) is 13.5. The first-order valence-corrected chi connectivity index (χ1v) is 9.13. The molecule has 0 fully saturated rings. The van der Waals surface area contributed by atoms with E-state index in [9.17, 15) is 8.78 Å². The lowest BCUT2D eigenvalue weighted by Gasteiger charge is -2.31. The zero-order chi connectivity index (χ0) is 21.2. The van der Waals surface area contributed by atoms with Crippen molar-refractivity contribution >= 4 is 0 Å². The van der Waals surface area contributed by atoms with E-state index >= 15 is 4.39 Å². The Morgan fingerprint density at radius 2 is 1.28 bits per heavy atom. The van der Waals surface area contributed by atoms with Crippen LogP contribution in [0.25, 0.3) is 0 Å². The molecule has 0 aromatic heterocycles. The molecule has 29 heavy (non-hydrogen) atoms. The first-order valence-electron chi connectivity index (χ1n) is 9.13. The number of hydrogen-bond acceptors (Lipinski definition) is 5. The summed E-state index contributed by atoms with van der Waals surface area (Å²) in [6.45, 7) is -0.660. The first-order chi connectivity index (χ1) is 14.0. The average molecular weight is 413 g/mol. The van der Waals surface area contributed by atoms with Gasteiger partial charge in [0.15, 0.2) is 12.4 Å². The molecular formula is C21H26F3NO4. The summed E-state index contributed by atoms with van der Waals surface area (Å²) in [7, 11) is 3.07. The van der Waals surface area contributed by atoms with Gasteiger partial charge in [-0.15, -0.1) is 0 Å². The number of nitrogens with zero attached hydrogens (tertiary/aromatic N) is 1. The highest BCUT2D eigenvalue weighted by molar-refractivity contribution is 5.28. The highest BCUT2D eigenvalue weighted by atomic mass is 19.3. The molecule has 0 heterocycles.